The summed E-state index contributed by atoms with van der Waals surface area (Å²) in [5.41, 5.74) is -0.116. The SMILES string of the molecule is CC(C)N1C(=O)CC(SCCC(=N)NC(C)(C)C)C1=O. The van der Waals surface area contributed by atoms with Crippen LogP contribution in [0.3, 0.4) is 0 Å². The molecule has 2 amide bonds. The lowest BCUT2D eigenvalue weighted by atomic mass is 10.1. The molecule has 5 nitrogen and oxygen atoms in total. The summed E-state index contributed by atoms with van der Waals surface area (Å²) < 4.78 is 0. The third-order valence-electron chi connectivity index (χ3n) is 2.85. The van der Waals surface area contributed by atoms with Gasteiger partial charge >= 0.3 is 0 Å². The number of hydrogen-bond donors (Lipinski definition) is 2. The summed E-state index contributed by atoms with van der Waals surface area (Å²) in [6.45, 7) is 9.73. The first-order valence-electron chi connectivity index (χ1n) is 6.95. The van der Waals surface area contributed by atoms with Gasteiger partial charge in [0.1, 0.15) is 0 Å². The van der Waals surface area contributed by atoms with Gasteiger partial charge in [0.2, 0.25) is 11.8 Å². The summed E-state index contributed by atoms with van der Waals surface area (Å²) >= 11 is 1.48. The number of likely N-dealkylation sites (tertiary alicyclic amines) is 1. The molecule has 0 aromatic heterocycles. The standard InChI is InChI=1S/C14H25N3O2S/c1-9(2)17-12(18)8-10(13(17)19)20-7-6-11(15)16-14(3,4)5/h9-10H,6-8H2,1-5H3,(H2,15,16). The third kappa shape index (κ3) is 4.81. The fourth-order valence-corrected chi connectivity index (χ4v) is 3.24. The van der Waals surface area contributed by atoms with E-state index in [1.165, 1.54) is 16.7 Å². The van der Waals surface area contributed by atoms with Crippen LogP contribution in [0.15, 0.2) is 0 Å². The molecule has 0 spiro atoms. The van der Waals surface area contributed by atoms with Crippen molar-refractivity contribution in [3.05, 3.63) is 0 Å². The molecule has 114 valence electrons. The lowest BCUT2D eigenvalue weighted by molar-refractivity contribution is -0.140. The minimum atomic E-state index is -0.271. The second-order valence-electron chi connectivity index (χ2n) is 6.36. The zero-order chi connectivity index (χ0) is 15.5. The Bertz CT molecular complexity index is 402. The predicted molar refractivity (Wildman–Crippen MR) is 83.1 cm³/mol. The quantitative estimate of drug-likeness (QED) is 0.463. The summed E-state index contributed by atoms with van der Waals surface area (Å²) in [6, 6.07) is -0.0681. The molecule has 0 aromatic rings. The number of nitrogens with zero attached hydrogens (tertiary/aromatic N) is 1. The molecule has 1 rings (SSSR count). The van der Waals surface area contributed by atoms with Crippen molar-refractivity contribution in [1.82, 2.24) is 10.2 Å². The molecule has 1 heterocycles. The van der Waals surface area contributed by atoms with Crippen molar-refractivity contribution >= 4 is 29.4 Å². The molecule has 1 unspecified atom stereocenters. The predicted octanol–water partition coefficient (Wildman–Crippen LogP) is 2.01. The monoisotopic (exact) mass is 299 g/mol. The number of carbonyl (C=O) groups is 2. The van der Waals surface area contributed by atoms with E-state index in [0.717, 1.165) is 0 Å². The summed E-state index contributed by atoms with van der Waals surface area (Å²) in [5.74, 6) is 0.996. The fraction of sp³-hybridized carbons (Fsp3) is 0.786. The molecule has 0 aromatic carbocycles. The molecule has 1 aliphatic heterocycles. The minimum Gasteiger partial charge on any atom is -0.369 e. The number of amidine groups is 1. The lowest BCUT2D eigenvalue weighted by Gasteiger charge is -2.22. The van der Waals surface area contributed by atoms with Gasteiger partial charge in [0.15, 0.2) is 0 Å². The maximum absolute atomic E-state index is 12.1. The molecule has 1 atom stereocenters. The molecule has 0 radical (unpaired) electrons. The highest BCUT2D eigenvalue weighted by Crippen LogP contribution is 2.27. The Labute approximate surface area is 125 Å². The van der Waals surface area contributed by atoms with E-state index >= 15 is 0 Å². The van der Waals surface area contributed by atoms with Crippen molar-refractivity contribution in [1.29, 1.82) is 5.41 Å². The van der Waals surface area contributed by atoms with Gasteiger partial charge in [-0.15, -0.1) is 11.8 Å². The van der Waals surface area contributed by atoms with Gasteiger partial charge in [0.25, 0.3) is 0 Å². The zero-order valence-corrected chi connectivity index (χ0v) is 13.8. The molecular formula is C14H25N3O2S. The Morgan fingerprint density at radius 1 is 1.45 bits per heavy atom. The number of amides is 2. The number of thioether (sulfide) groups is 1. The normalized spacial score (nSPS) is 19.9. The molecule has 1 fully saturated rings. The van der Waals surface area contributed by atoms with Gasteiger partial charge < -0.3 is 5.32 Å². The van der Waals surface area contributed by atoms with Crippen LogP contribution < -0.4 is 5.32 Å². The van der Waals surface area contributed by atoms with E-state index in [2.05, 4.69) is 5.32 Å². The average molecular weight is 299 g/mol. The van der Waals surface area contributed by atoms with Crippen LogP contribution in [0.2, 0.25) is 0 Å². The molecule has 1 saturated heterocycles. The van der Waals surface area contributed by atoms with E-state index in [9.17, 15) is 9.59 Å². The molecular weight excluding hydrogens is 274 g/mol. The van der Waals surface area contributed by atoms with Crippen molar-refractivity contribution < 1.29 is 9.59 Å². The van der Waals surface area contributed by atoms with Crippen molar-refractivity contribution in [3.8, 4) is 0 Å². The van der Waals surface area contributed by atoms with E-state index in [0.29, 0.717) is 24.4 Å². The molecule has 2 N–H and O–H groups in total. The van der Waals surface area contributed by atoms with Crippen LogP contribution in [0, 0.1) is 5.41 Å². The largest absolute Gasteiger partial charge is 0.369 e. The number of carbonyl (C=O) groups excluding carboxylic acids is 2. The Morgan fingerprint density at radius 2 is 2.05 bits per heavy atom. The van der Waals surface area contributed by atoms with Crippen LogP contribution in [0.4, 0.5) is 0 Å². The Kier molecular flexibility index (Phi) is 5.62. The zero-order valence-electron chi connectivity index (χ0n) is 12.9. The highest BCUT2D eigenvalue weighted by molar-refractivity contribution is 8.00. The first-order chi connectivity index (χ1) is 9.11. The number of hydrogen-bond acceptors (Lipinski definition) is 4. The van der Waals surface area contributed by atoms with Crippen LogP contribution >= 0.6 is 11.8 Å². The summed E-state index contributed by atoms with van der Waals surface area (Å²) in [7, 11) is 0. The third-order valence-corrected chi connectivity index (χ3v) is 4.07. The van der Waals surface area contributed by atoms with Crippen molar-refractivity contribution in [2.45, 2.75) is 64.3 Å². The van der Waals surface area contributed by atoms with Gasteiger partial charge in [-0.2, -0.15) is 0 Å². The van der Waals surface area contributed by atoms with E-state index in [1.807, 2.05) is 34.6 Å². The van der Waals surface area contributed by atoms with Crippen LogP contribution in [-0.4, -0.2) is 45.1 Å². The Morgan fingerprint density at radius 3 is 2.50 bits per heavy atom. The second kappa shape index (κ2) is 6.61. The van der Waals surface area contributed by atoms with E-state index in [-0.39, 0.29) is 28.6 Å². The highest BCUT2D eigenvalue weighted by atomic mass is 32.2. The molecule has 0 saturated carbocycles. The van der Waals surface area contributed by atoms with Crippen LogP contribution in [-0.2, 0) is 9.59 Å². The topological polar surface area (TPSA) is 73.3 Å². The summed E-state index contributed by atoms with van der Waals surface area (Å²) in [4.78, 5) is 25.2. The fourth-order valence-electron chi connectivity index (χ4n) is 2.11. The lowest BCUT2D eigenvalue weighted by Crippen LogP contribution is -2.40. The van der Waals surface area contributed by atoms with Crippen LogP contribution in [0.5, 0.6) is 0 Å². The first-order valence-corrected chi connectivity index (χ1v) is 8.00. The van der Waals surface area contributed by atoms with Gasteiger partial charge in [0, 0.05) is 30.2 Å². The van der Waals surface area contributed by atoms with Crippen molar-refractivity contribution in [2.75, 3.05) is 5.75 Å². The minimum absolute atomic E-state index is 0.0681. The van der Waals surface area contributed by atoms with Crippen molar-refractivity contribution in [2.24, 2.45) is 0 Å². The Hall–Kier alpha value is -1.04. The van der Waals surface area contributed by atoms with Crippen molar-refractivity contribution in [3.63, 3.8) is 0 Å². The Balaban J connectivity index is 2.39. The summed E-state index contributed by atoms with van der Waals surface area (Å²) in [6.07, 6.45) is 0.878. The van der Waals surface area contributed by atoms with Gasteiger partial charge in [-0.25, -0.2) is 0 Å². The maximum Gasteiger partial charge on any atom is 0.243 e. The van der Waals surface area contributed by atoms with E-state index in [1.54, 1.807) is 0 Å². The van der Waals surface area contributed by atoms with Crippen LogP contribution in [0.1, 0.15) is 47.5 Å². The maximum atomic E-state index is 12.1. The molecule has 0 aliphatic carbocycles. The highest BCUT2D eigenvalue weighted by Gasteiger charge is 2.39. The molecule has 6 heteroatoms. The molecule has 0 bridgehead atoms. The molecule has 1 aliphatic rings. The first kappa shape index (κ1) is 17.0. The average Bonchev–Trinajstić information content (AvgIpc) is 2.51. The number of nitrogens with one attached hydrogen (secondary N) is 2. The van der Waals surface area contributed by atoms with Crippen LogP contribution in [0.25, 0.3) is 0 Å². The van der Waals surface area contributed by atoms with E-state index in [4.69, 9.17) is 5.41 Å². The van der Waals surface area contributed by atoms with E-state index < -0.39 is 0 Å². The smallest absolute Gasteiger partial charge is 0.243 e. The molecule has 20 heavy (non-hydrogen) atoms. The summed E-state index contributed by atoms with van der Waals surface area (Å²) in [5, 5.41) is 10.7. The second-order valence-corrected chi connectivity index (χ2v) is 7.67. The van der Waals surface area contributed by atoms with Gasteiger partial charge in [0.05, 0.1) is 11.1 Å². The van der Waals surface area contributed by atoms with Gasteiger partial charge in [-0.1, -0.05) is 0 Å². The number of imide groups is 1. The van der Waals surface area contributed by atoms with Gasteiger partial charge in [-0.05, 0) is 34.6 Å². The van der Waals surface area contributed by atoms with Gasteiger partial charge in [-0.3, -0.25) is 19.9 Å². The number of rotatable bonds is 5.